The molecule has 0 aliphatic carbocycles. The zero-order valence-corrected chi connectivity index (χ0v) is 13.8. The molecule has 0 fully saturated rings. The van der Waals surface area contributed by atoms with E-state index in [1.165, 1.54) is 14.2 Å². The summed E-state index contributed by atoms with van der Waals surface area (Å²) in [7, 11) is -0.718. The van der Waals surface area contributed by atoms with Gasteiger partial charge < -0.3 is 10.1 Å². The second-order valence-electron chi connectivity index (χ2n) is 4.57. The van der Waals surface area contributed by atoms with Crippen molar-refractivity contribution >= 4 is 33.2 Å². The van der Waals surface area contributed by atoms with Crippen LogP contribution in [0.2, 0.25) is 5.02 Å². The molecule has 0 saturated carbocycles. The molecule has 6 nitrogen and oxygen atoms in total. The highest BCUT2D eigenvalue weighted by molar-refractivity contribution is 7.89. The van der Waals surface area contributed by atoms with E-state index in [1.54, 1.807) is 25.1 Å². The Morgan fingerprint density at radius 3 is 2.67 bits per heavy atom. The van der Waals surface area contributed by atoms with Crippen molar-refractivity contribution in [2.24, 2.45) is 0 Å². The molecule has 1 aromatic carbocycles. The highest BCUT2D eigenvalue weighted by atomic mass is 35.5. The van der Waals surface area contributed by atoms with Crippen molar-refractivity contribution in [2.45, 2.75) is 6.92 Å². The van der Waals surface area contributed by atoms with Crippen molar-refractivity contribution in [3.8, 4) is 0 Å². The molecule has 0 spiro atoms. The summed E-state index contributed by atoms with van der Waals surface area (Å²) in [6.45, 7) is 1.64. The minimum Gasteiger partial charge on any atom is -0.384 e. The molecule has 0 radical (unpaired) electrons. The monoisotopic (exact) mass is 334 g/mol. The van der Waals surface area contributed by atoms with Crippen LogP contribution in [0.25, 0.3) is 0 Å². The van der Waals surface area contributed by atoms with Crippen LogP contribution in [0.3, 0.4) is 0 Å². The zero-order valence-electron chi connectivity index (χ0n) is 12.2. The molecule has 21 heavy (non-hydrogen) atoms. The maximum Gasteiger partial charge on any atom is 0.239 e. The Hall–Kier alpha value is -1.15. The van der Waals surface area contributed by atoms with Gasteiger partial charge in [0.1, 0.15) is 0 Å². The normalized spacial score (nSPS) is 11.7. The fourth-order valence-corrected chi connectivity index (χ4v) is 2.83. The lowest BCUT2D eigenvalue weighted by molar-refractivity contribution is -0.116. The molecule has 1 amide bonds. The van der Waals surface area contributed by atoms with Crippen molar-refractivity contribution in [1.29, 1.82) is 0 Å². The molecule has 0 bridgehead atoms. The van der Waals surface area contributed by atoms with Crippen LogP contribution >= 0.6 is 11.6 Å². The highest BCUT2D eigenvalue weighted by Crippen LogP contribution is 2.19. The Labute approximate surface area is 130 Å². The molecule has 0 saturated heterocycles. The second kappa shape index (κ2) is 7.74. The Morgan fingerprint density at radius 1 is 1.43 bits per heavy atom. The predicted octanol–water partition coefficient (Wildman–Crippen LogP) is 1.49. The molecule has 118 valence electrons. The standard InChI is InChI=1S/C13H19ClN2O4S/c1-10-8-11(14)4-5-12(10)15-13(17)9-16(2)21(18,19)7-6-20-3/h4-5,8H,6-7,9H2,1-3H3,(H,15,17). The van der Waals surface area contributed by atoms with E-state index in [-0.39, 0.29) is 18.9 Å². The lowest BCUT2D eigenvalue weighted by Crippen LogP contribution is -2.37. The van der Waals surface area contributed by atoms with E-state index in [9.17, 15) is 13.2 Å². The molecule has 0 atom stereocenters. The number of ether oxygens (including phenoxy) is 1. The number of methoxy groups -OCH3 is 1. The van der Waals surface area contributed by atoms with Gasteiger partial charge in [-0.2, -0.15) is 4.31 Å². The van der Waals surface area contributed by atoms with Gasteiger partial charge >= 0.3 is 0 Å². The number of carbonyl (C=O) groups excluding carboxylic acids is 1. The van der Waals surface area contributed by atoms with Crippen LogP contribution in [-0.4, -0.2) is 51.7 Å². The van der Waals surface area contributed by atoms with Crippen molar-refractivity contribution < 1.29 is 17.9 Å². The molecule has 1 aromatic rings. The largest absolute Gasteiger partial charge is 0.384 e. The third kappa shape index (κ3) is 5.62. The summed E-state index contributed by atoms with van der Waals surface area (Å²) in [6.07, 6.45) is 0. The molecule has 0 aliphatic rings. The lowest BCUT2D eigenvalue weighted by Gasteiger charge is -2.17. The SMILES string of the molecule is COCCS(=O)(=O)N(C)CC(=O)Nc1ccc(Cl)cc1C. The van der Waals surface area contributed by atoms with Crippen molar-refractivity contribution in [3.05, 3.63) is 28.8 Å². The van der Waals surface area contributed by atoms with Crippen LogP contribution in [-0.2, 0) is 19.6 Å². The molecule has 0 heterocycles. The summed E-state index contributed by atoms with van der Waals surface area (Å²) in [4.78, 5) is 11.9. The number of hydrogen-bond acceptors (Lipinski definition) is 4. The number of nitrogens with one attached hydrogen (secondary N) is 1. The third-order valence-corrected chi connectivity index (χ3v) is 4.85. The number of benzene rings is 1. The summed E-state index contributed by atoms with van der Waals surface area (Å²) in [6, 6.07) is 5.05. The first-order valence-corrected chi connectivity index (χ1v) is 8.24. The van der Waals surface area contributed by atoms with E-state index in [4.69, 9.17) is 16.3 Å². The minimum atomic E-state index is -3.50. The number of aryl methyl sites for hydroxylation is 1. The first-order chi connectivity index (χ1) is 9.76. The smallest absolute Gasteiger partial charge is 0.239 e. The van der Waals surface area contributed by atoms with E-state index in [0.717, 1.165) is 9.87 Å². The molecule has 1 rings (SSSR count). The number of amides is 1. The number of halogens is 1. The van der Waals surface area contributed by atoms with Gasteiger partial charge in [-0.05, 0) is 30.7 Å². The Morgan fingerprint density at radius 2 is 2.10 bits per heavy atom. The van der Waals surface area contributed by atoms with Crippen LogP contribution in [0.4, 0.5) is 5.69 Å². The number of sulfonamides is 1. The van der Waals surface area contributed by atoms with Crippen molar-refractivity contribution in [1.82, 2.24) is 4.31 Å². The fraction of sp³-hybridized carbons (Fsp3) is 0.462. The van der Waals surface area contributed by atoms with Gasteiger partial charge in [0.05, 0.1) is 18.9 Å². The predicted molar refractivity (Wildman–Crippen MR) is 83.1 cm³/mol. The highest BCUT2D eigenvalue weighted by Gasteiger charge is 2.20. The molecular formula is C13H19ClN2O4S. The van der Waals surface area contributed by atoms with Gasteiger partial charge in [0.25, 0.3) is 0 Å². The number of anilines is 1. The summed E-state index contributed by atoms with van der Waals surface area (Å²) < 4.78 is 29.4. The topological polar surface area (TPSA) is 75.7 Å². The number of likely N-dealkylation sites (N-methyl/N-ethyl adjacent to an activating group) is 1. The van der Waals surface area contributed by atoms with E-state index in [0.29, 0.717) is 10.7 Å². The van der Waals surface area contributed by atoms with E-state index in [1.807, 2.05) is 0 Å². The van der Waals surface area contributed by atoms with Gasteiger partial charge in [-0.1, -0.05) is 11.6 Å². The lowest BCUT2D eigenvalue weighted by atomic mass is 10.2. The molecule has 1 N–H and O–H groups in total. The number of carbonyl (C=O) groups is 1. The van der Waals surface area contributed by atoms with Crippen LogP contribution in [0, 0.1) is 6.92 Å². The van der Waals surface area contributed by atoms with Gasteiger partial charge in [0, 0.05) is 24.9 Å². The van der Waals surface area contributed by atoms with E-state index >= 15 is 0 Å². The fourth-order valence-electron chi connectivity index (χ4n) is 1.60. The summed E-state index contributed by atoms with van der Waals surface area (Å²) in [5.74, 6) is -0.573. The van der Waals surface area contributed by atoms with Gasteiger partial charge in [-0.15, -0.1) is 0 Å². The molecule has 8 heteroatoms. The average molecular weight is 335 g/mol. The van der Waals surface area contributed by atoms with Crippen molar-refractivity contribution in [2.75, 3.05) is 38.4 Å². The zero-order chi connectivity index (χ0) is 16.0. The van der Waals surface area contributed by atoms with Gasteiger partial charge in [-0.25, -0.2) is 8.42 Å². The van der Waals surface area contributed by atoms with Gasteiger partial charge in [0.2, 0.25) is 15.9 Å². The second-order valence-corrected chi connectivity index (χ2v) is 7.20. The first kappa shape index (κ1) is 17.9. The first-order valence-electron chi connectivity index (χ1n) is 6.25. The van der Waals surface area contributed by atoms with Crippen LogP contribution in [0.15, 0.2) is 18.2 Å². The van der Waals surface area contributed by atoms with E-state index < -0.39 is 15.9 Å². The molecule has 0 aliphatic heterocycles. The molecule has 0 unspecified atom stereocenters. The number of rotatable bonds is 7. The molecular weight excluding hydrogens is 316 g/mol. The Balaban J connectivity index is 2.65. The third-order valence-electron chi connectivity index (χ3n) is 2.85. The summed E-state index contributed by atoms with van der Waals surface area (Å²) >= 11 is 5.83. The van der Waals surface area contributed by atoms with E-state index in [2.05, 4.69) is 5.32 Å². The number of nitrogens with zero attached hydrogens (tertiary/aromatic N) is 1. The number of hydrogen-bond donors (Lipinski definition) is 1. The van der Waals surface area contributed by atoms with Crippen LogP contribution in [0.1, 0.15) is 5.56 Å². The van der Waals surface area contributed by atoms with Crippen molar-refractivity contribution in [3.63, 3.8) is 0 Å². The summed E-state index contributed by atoms with van der Waals surface area (Å²) in [5.41, 5.74) is 1.41. The van der Waals surface area contributed by atoms with Crippen LogP contribution < -0.4 is 5.32 Å². The average Bonchev–Trinajstić information content (AvgIpc) is 2.39. The van der Waals surface area contributed by atoms with Gasteiger partial charge in [0.15, 0.2) is 0 Å². The molecule has 0 aromatic heterocycles. The maximum absolute atomic E-state index is 11.9. The minimum absolute atomic E-state index is 0.0879. The van der Waals surface area contributed by atoms with Gasteiger partial charge in [-0.3, -0.25) is 4.79 Å². The van der Waals surface area contributed by atoms with Crippen LogP contribution in [0.5, 0.6) is 0 Å². The Bertz CT molecular complexity index is 604. The quantitative estimate of drug-likeness (QED) is 0.819. The maximum atomic E-state index is 11.9. The Kier molecular flexibility index (Phi) is 6.60. The summed E-state index contributed by atoms with van der Waals surface area (Å²) in [5, 5.41) is 3.24.